The van der Waals surface area contributed by atoms with E-state index in [0.29, 0.717) is 18.7 Å². The van der Waals surface area contributed by atoms with Crippen LogP contribution in [-0.2, 0) is 6.42 Å². The van der Waals surface area contributed by atoms with Crippen molar-refractivity contribution in [2.75, 3.05) is 33.7 Å². The fourth-order valence-electron chi connectivity index (χ4n) is 3.24. The van der Waals surface area contributed by atoms with Crippen LogP contribution in [0.5, 0.6) is 0 Å². The van der Waals surface area contributed by atoms with Gasteiger partial charge in [-0.15, -0.1) is 0 Å². The van der Waals surface area contributed by atoms with Crippen molar-refractivity contribution < 1.29 is 9.90 Å². The standard InChI is InChI=1S/C24H34N4O2.2C2H6/c1-26-22(9-6-15-25)18-28(2)24(30)21-12-10-19(11-13-21)14-16-27-17-23(29)20-7-4-3-5-8-20;2*1-2/h3-8,10-13,15,22-23,26-27,29H,9,14,16-18,25H2,1-2H3;2*1-2H3/b15-6-;;. The molecule has 0 fully saturated rings. The second-order valence-electron chi connectivity index (χ2n) is 7.41. The fraction of sp³-hybridized carbons (Fsp3) is 0.464. The van der Waals surface area contributed by atoms with Crippen LogP contribution < -0.4 is 16.4 Å². The summed E-state index contributed by atoms with van der Waals surface area (Å²) < 4.78 is 0. The molecule has 2 aromatic carbocycles. The van der Waals surface area contributed by atoms with Gasteiger partial charge in [-0.2, -0.15) is 0 Å². The third-order valence-corrected chi connectivity index (χ3v) is 5.12. The molecule has 2 rings (SSSR count). The fourth-order valence-corrected chi connectivity index (χ4v) is 3.24. The normalized spacial score (nSPS) is 12.1. The minimum Gasteiger partial charge on any atom is -0.405 e. The predicted octanol–water partition coefficient (Wildman–Crippen LogP) is 4.13. The maximum atomic E-state index is 12.7. The number of nitrogens with zero attached hydrogens (tertiary/aromatic N) is 1. The molecular formula is C28H46N4O2. The Kier molecular flexibility index (Phi) is 18.2. The van der Waals surface area contributed by atoms with Crippen LogP contribution in [0.3, 0.4) is 0 Å². The number of carbonyl (C=O) groups excluding carboxylic acids is 1. The van der Waals surface area contributed by atoms with E-state index in [2.05, 4.69) is 10.6 Å². The number of rotatable bonds is 12. The second kappa shape index (κ2) is 19.8. The molecule has 2 atom stereocenters. The smallest absolute Gasteiger partial charge is 0.253 e. The van der Waals surface area contributed by atoms with Crippen LogP contribution in [-0.4, -0.2) is 55.7 Å². The van der Waals surface area contributed by atoms with Gasteiger partial charge in [0.2, 0.25) is 0 Å². The van der Waals surface area contributed by atoms with E-state index in [0.717, 1.165) is 30.5 Å². The zero-order chi connectivity index (χ0) is 25.8. The minimum atomic E-state index is -0.511. The number of benzene rings is 2. The first-order valence-electron chi connectivity index (χ1n) is 12.4. The van der Waals surface area contributed by atoms with E-state index in [4.69, 9.17) is 5.73 Å². The molecule has 0 spiro atoms. The highest BCUT2D eigenvalue weighted by Gasteiger charge is 2.15. The number of amides is 1. The Balaban J connectivity index is 0.00000258. The Hall–Kier alpha value is -2.67. The lowest BCUT2D eigenvalue weighted by molar-refractivity contribution is 0.0782. The Morgan fingerprint density at radius 3 is 2.24 bits per heavy atom. The van der Waals surface area contributed by atoms with E-state index in [9.17, 15) is 9.90 Å². The molecule has 190 valence electrons. The molecule has 5 N–H and O–H groups in total. The molecule has 0 heterocycles. The maximum absolute atomic E-state index is 12.7. The van der Waals surface area contributed by atoms with Crippen LogP contribution in [0, 0.1) is 0 Å². The van der Waals surface area contributed by atoms with E-state index in [-0.39, 0.29) is 11.9 Å². The van der Waals surface area contributed by atoms with Gasteiger partial charge in [0.25, 0.3) is 5.91 Å². The third kappa shape index (κ3) is 12.0. The molecule has 0 saturated heterocycles. The van der Waals surface area contributed by atoms with Crippen molar-refractivity contribution in [3.63, 3.8) is 0 Å². The van der Waals surface area contributed by atoms with Gasteiger partial charge < -0.3 is 26.4 Å². The van der Waals surface area contributed by atoms with Gasteiger partial charge in [0, 0.05) is 31.7 Å². The first kappa shape index (κ1) is 31.3. The largest absolute Gasteiger partial charge is 0.405 e. The monoisotopic (exact) mass is 470 g/mol. The molecule has 2 unspecified atom stereocenters. The Bertz CT molecular complexity index is 779. The molecule has 2 aromatic rings. The molecule has 34 heavy (non-hydrogen) atoms. The predicted molar refractivity (Wildman–Crippen MR) is 145 cm³/mol. The zero-order valence-electron chi connectivity index (χ0n) is 21.9. The first-order chi connectivity index (χ1) is 16.5. The van der Waals surface area contributed by atoms with Gasteiger partial charge in [-0.05, 0) is 55.9 Å². The molecule has 0 aliphatic heterocycles. The van der Waals surface area contributed by atoms with Crippen LogP contribution in [0.15, 0.2) is 66.9 Å². The average Bonchev–Trinajstić information content (AvgIpc) is 2.91. The number of nitrogens with one attached hydrogen (secondary N) is 2. The zero-order valence-corrected chi connectivity index (χ0v) is 21.9. The topological polar surface area (TPSA) is 90.6 Å². The summed E-state index contributed by atoms with van der Waals surface area (Å²) in [6, 6.07) is 17.5. The van der Waals surface area contributed by atoms with E-state index in [1.807, 2.05) is 102 Å². The van der Waals surface area contributed by atoms with Crippen molar-refractivity contribution in [2.24, 2.45) is 5.73 Å². The van der Waals surface area contributed by atoms with Gasteiger partial charge in [-0.1, -0.05) is 76.2 Å². The van der Waals surface area contributed by atoms with Gasteiger partial charge in [0.1, 0.15) is 0 Å². The van der Waals surface area contributed by atoms with Gasteiger partial charge in [-0.3, -0.25) is 4.79 Å². The van der Waals surface area contributed by atoms with Crippen molar-refractivity contribution in [3.8, 4) is 0 Å². The number of aliphatic hydroxyl groups excluding tert-OH is 1. The molecule has 6 nitrogen and oxygen atoms in total. The van der Waals surface area contributed by atoms with Gasteiger partial charge in [0.15, 0.2) is 0 Å². The van der Waals surface area contributed by atoms with Crippen molar-refractivity contribution in [3.05, 3.63) is 83.6 Å². The lowest BCUT2D eigenvalue weighted by Gasteiger charge is -2.23. The summed E-state index contributed by atoms with van der Waals surface area (Å²) >= 11 is 0. The van der Waals surface area contributed by atoms with Gasteiger partial charge in [-0.25, -0.2) is 0 Å². The molecule has 0 bridgehead atoms. The molecule has 0 aromatic heterocycles. The maximum Gasteiger partial charge on any atom is 0.253 e. The molecule has 0 radical (unpaired) electrons. The second-order valence-corrected chi connectivity index (χ2v) is 7.41. The van der Waals surface area contributed by atoms with E-state index >= 15 is 0 Å². The van der Waals surface area contributed by atoms with Crippen molar-refractivity contribution in [1.29, 1.82) is 0 Å². The minimum absolute atomic E-state index is 0.00244. The number of likely N-dealkylation sites (N-methyl/N-ethyl adjacent to an activating group) is 2. The van der Waals surface area contributed by atoms with Crippen LogP contribution in [0.2, 0.25) is 0 Å². The SMILES string of the molecule is CC.CC.CNC(C/C=C\N)CN(C)C(=O)c1ccc(CCNCC(O)c2ccccc2)cc1. The summed E-state index contributed by atoms with van der Waals surface area (Å²) in [6.07, 6.45) is 4.52. The van der Waals surface area contributed by atoms with Gasteiger partial charge >= 0.3 is 0 Å². The molecule has 1 amide bonds. The summed E-state index contributed by atoms with van der Waals surface area (Å²) in [5.41, 5.74) is 8.15. The highest BCUT2D eigenvalue weighted by atomic mass is 16.3. The van der Waals surface area contributed by atoms with Crippen LogP contribution in [0.25, 0.3) is 0 Å². The third-order valence-electron chi connectivity index (χ3n) is 5.12. The average molecular weight is 471 g/mol. The number of hydrogen-bond acceptors (Lipinski definition) is 5. The number of carbonyl (C=O) groups is 1. The number of hydrogen-bond donors (Lipinski definition) is 4. The summed E-state index contributed by atoms with van der Waals surface area (Å²) in [7, 11) is 3.70. The Morgan fingerprint density at radius 2 is 1.68 bits per heavy atom. The highest BCUT2D eigenvalue weighted by molar-refractivity contribution is 5.94. The van der Waals surface area contributed by atoms with E-state index in [1.54, 1.807) is 4.90 Å². The summed E-state index contributed by atoms with van der Waals surface area (Å²) in [5, 5.41) is 16.7. The summed E-state index contributed by atoms with van der Waals surface area (Å²) in [4.78, 5) is 14.4. The Morgan fingerprint density at radius 1 is 1.06 bits per heavy atom. The first-order valence-corrected chi connectivity index (χ1v) is 12.4. The van der Waals surface area contributed by atoms with Crippen molar-refractivity contribution >= 4 is 5.91 Å². The van der Waals surface area contributed by atoms with E-state index in [1.165, 1.54) is 6.20 Å². The lowest BCUT2D eigenvalue weighted by atomic mass is 10.1. The molecule has 0 aliphatic carbocycles. The van der Waals surface area contributed by atoms with Gasteiger partial charge in [0.05, 0.1) is 6.10 Å². The summed E-state index contributed by atoms with van der Waals surface area (Å²) in [5.74, 6) is 0.00244. The molecule has 0 aliphatic rings. The molecular weight excluding hydrogens is 424 g/mol. The number of aliphatic hydroxyl groups is 1. The van der Waals surface area contributed by atoms with Crippen LogP contribution >= 0.6 is 0 Å². The highest BCUT2D eigenvalue weighted by Crippen LogP contribution is 2.11. The summed E-state index contributed by atoms with van der Waals surface area (Å²) in [6.45, 7) is 9.88. The quantitative estimate of drug-likeness (QED) is 0.350. The van der Waals surface area contributed by atoms with E-state index < -0.39 is 6.10 Å². The molecule has 0 saturated carbocycles. The van der Waals surface area contributed by atoms with Crippen molar-refractivity contribution in [1.82, 2.24) is 15.5 Å². The van der Waals surface area contributed by atoms with Crippen LogP contribution in [0.4, 0.5) is 0 Å². The lowest BCUT2D eigenvalue weighted by Crippen LogP contribution is -2.40. The van der Waals surface area contributed by atoms with Crippen LogP contribution in [0.1, 0.15) is 61.7 Å². The molecule has 6 heteroatoms. The Labute approximate surface area is 207 Å². The van der Waals surface area contributed by atoms with Crippen molar-refractivity contribution in [2.45, 2.75) is 52.7 Å². The number of nitrogens with two attached hydrogens (primary N) is 1.